The second-order valence-corrected chi connectivity index (χ2v) is 16.2. The molecule has 2 aromatic carbocycles. The highest BCUT2D eigenvalue weighted by Gasteiger charge is 2.49. The number of piperidine rings is 1. The molecule has 2 aliphatic heterocycles. The van der Waals surface area contributed by atoms with E-state index in [-0.39, 0.29) is 23.2 Å². The van der Waals surface area contributed by atoms with Crippen molar-refractivity contribution in [3.05, 3.63) is 71.8 Å². The van der Waals surface area contributed by atoms with Gasteiger partial charge >= 0.3 is 0 Å². The summed E-state index contributed by atoms with van der Waals surface area (Å²) in [5, 5.41) is 32.6. The van der Waals surface area contributed by atoms with Gasteiger partial charge in [0, 0.05) is 32.1 Å². The van der Waals surface area contributed by atoms with E-state index in [2.05, 4.69) is 16.0 Å². The van der Waals surface area contributed by atoms with E-state index >= 15 is 0 Å². The van der Waals surface area contributed by atoms with Crippen LogP contribution in [0, 0.1) is 17.3 Å². The lowest BCUT2D eigenvalue weighted by atomic mass is 9.71. The van der Waals surface area contributed by atoms with Crippen LogP contribution in [0.3, 0.4) is 0 Å². The maximum atomic E-state index is 14.1. The zero-order valence-corrected chi connectivity index (χ0v) is 31.7. The first-order chi connectivity index (χ1) is 25.5. The standard InChI is InChI=1S/C41H63N7O5/c1-28(2)23-34(46-38(51)35(25-30-13-7-4-8-14-30)45-36(49)32(43)24-29-11-5-3-6-12-29)37(50)44-33(15-9-10-20-42)40(53)48-26-41(27-48)18-21-47(22-19-41)39(52)31-16-17-31/h3-8,11-14,28,31-35,38,40,46,51,53H,9-10,15-27,42-43H2,1-2H3,(H,44,50)(H,45,49)/t32-,33-,34?,35+,38?,40?/m1/s1. The van der Waals surface area contributed by atoms with E-state index in [0.717, 1.165) is 75.8 Å². The van der Waals surface area contributed by atoms with Crippen LogP contribution in [0.4, 0.5) is 0 Å². The molecule has 3 aliphatic rings. The normalized spacial score (nSPS) is 20.5. The van der Waals surface area contributed by atoms with Gasteiger partial charge in [0.2, 0.25) is 17.7 Å². The van der Waals surface area contributed by atoms with E-state index in [1.807, 2.05) is 84.3 Å². The molecule has 12 heteroatoms. The molecule has 292 valence electrons. The molecule has 0 aromatic heterocycles. The second-order valence-electron chi connectivity index (χ2n) is 16.2. The molecule has 12 nitrogen and oxygen atoms in total. The lowest BCUT2D eigenvalue weighted by molar-refractivity contribution is -0.154. The van der Waals surface area contributed by atoms with Gasteiger partial charge in [0.25, 0.3) is 0 Å². The molecule has 1 aliphatic carbocycles. The lowest BCUT2D eigenvalue weighted by Gasteiger charge is -2.56. The van der Waals surface area contributed by atoms with Crippen LogP contribution in [0.25, 0.3) is 0 Å². The average Bonchev–Trinajstić information content (AvgIpc) is 3.99. The number of unbranched alkanes of at least 4 members (excludes halogenated alkanes) is 1. The number of likely N-dealkylation sites (tertiary alicyclic amines) is 2. The van der Waals surface area contributed by atoms with Crippen molar-refractivity contribution < 1.29 is 24.6 Å². The molecular weight excluding hydrogens is 670 g/mol. The van der Waals surface area contributed by atoms with Crippen LogP contribution in [0.5, 0.6) is 0 Å². The molecule has 1 spiro atoms. The number of carbonyl (C=O) groups excluding carboxylic acids is 3. The van der Waals surface area contributed by atoms with Gasteiger partial charge in [-0.3, -0.25) is 24.6 Å². The number of carbonyl (C=O) groups is 3. The average molecular weight is 734 g/mol. The molecule has 1 saturated carbocycles. The highest BCUT2D eigenvalue weighted by atomic mass is 16.3. The van der Waals surface area contributed by atoms with Crippen LogP contribution in [0.15, 0.2) is 60.7 Å². The van der Waals surface area contributed by atoms with Gasteiger partial charge in [-0.25, -0.2) is 0 Å². The summed E-state index contributed by atoms with van der Waals surface area (Å²) in [5.41, 5.74) is 14.1. The first kappa shape index (κ1) is 40.8. The van der Waals surface area contributed by atoms with Gasteiger partial charge in [-0.1, -0.05) is 80.9 Å². The van der Waals surface area contributed by atoms with Gasteiger partial charge in [-0.05, 0) is 86.8 Å². The maximum absolute atomic E-state index is 14.1. The van der Waals surface area contributed by atoms with Crippen LogP contribution < -0.4 is 27.4 Å². The number of hydrogen-bond acceptors (Lipinski definition) is 9. The van der Waals surface area contributed by atoms with Crippen molar-refractivity contribution in [2.75, 3.05) is 32.7 Å². The van der Waals surface area contributed by atoms with Crippen LogP contribution in [0.1, 0.15) is 76.3 Å². The number of aliphatic hydroxyl groups is 2. The summed E-state index contributed by atoms with van der Waals surface area (Å²) in [4.78, 5) is 44.1. The van der Waals surface area contributed by atoms with Crippen molar-refractivity contribution in [1.82, 2.24) is 25.8 Å². The van der Waals surface area contributed by atoms with Crippen molar-refractivity contribution in [2.24, 2.45) is 28.7 Å². The number of aliphatic hydroxyl groups excluding tert-OH is 2. The molecule has 9 N–H and O–H groups in total. The Morgan fingerprint density at radius 1 is 0.849 bits per heavy atom. The highest BCUT2D eigenvalue weighted by Crippen LogP contribution is 2.43. The molecule has 0 radical (unpaired) electrons. The monoisotopic (exact) mass is 733 g/mol. The van der Waals surface area contributed by atoms with Gasteiger partial charge in [0.05, 0.1) is 24.2 Å². The molecule has 3 fully saturated rings. The molecular formula is C41H63N7O5. The first-order valence-electron chi connectivity index (χ1n) is 19.8. The van der Waals surface area contributed by atoms with Gasteiger partial charge in [-0.2, -0.15) is 0 Å². The maximum Gasteiger partial charge on any atom is 0.237 e. The Bertz CT molecular complexity index is 1440. The van der Waals surface area contributed by atoms with Crippen molar-refractivity contribution in [2.45, 2.75) is 115 Å². The van der Waals surface area contributed by atoms with Crippen LogP contribution >= 0.6 is 0 Å². The molecule has 3 unspecified atom stereocenters. The van der Waals surface area contributed by atoms with E-state index in [9.17, 15) is 24.6 Å². The predicted octanol–water partition coefficient (Wildman–Crippen LogP) is 1.87. The smallest absolute Gasteiger partial charge is 0.237 e. The van der Waals surface area contributed by atoms with E-state index in [0.29, 0.717) is 38.1 Å². The van der Waals surface area contributed by atoms with Gasteiger partial charge in [-0.15, -0.1) is 0 Å². The predicted molar refractivity (Wildman–Crippen MR) is 206 cm³/mol. The van der Waals surface area contributed by atoms with E-state index < -0.39 is 42.5 Å². The fourth-order valence-electron chi connectivity index (χ4n) is 7.86. The Morgan fingerprint density at radius 2 is 1.43 bits per heavy atom. The lowest BCUT2D eigenvalue weighted by Crippen LogP contribution is -2.67. The minimum absolute atomic E-state index is 0.0841. The molecule has 2 heterocycles. The summed E-state index contributed by atoms with van der Waals surface area (Å²) in [6, 6.07) is 16.2. The molecule has 2 aromatic rings. The van der Waals surface area contributed by atoms with Crippen molar-refractivity contribution in [3.63, 3.8) is 0 Å². The summed E-state index contributed by atoms with van der Waals surface area (Å²) in [6.45, 7) is 7.53. The summed E-state index contributed by atoms with van der Waals surface area (Å²) < 4.78 is 0. The van der Waals surface area contributed by atoms with E-state index in [1.54, 1.807) is 0 Å². The number of amides is 3. The number of rotatable bonds is 20. The quantitative estimate of drug-likeness (QED) is 0.0789. The van der Waals surface area contributed by atoms with Crippen LogP contribution in [-0.2, 0) is 27.2 Å². The molecule has 53 heavy (non-hydrogen) atoms. The SMILES string of the molecule is CC(C)CC(NC(O)[C@H](Cc1ccccc1)NC(=O)[C@H](N)Cc1ccccc1)C(=O)N[C@H](CCCCN)C(O)N1CC2(CCN(C(=O)C3CC3)CC2)C1. The summed E-state index contributed by atoms with van der Waals surface area (Å²) in [6.07, 6.45) is 4.89. The Morgan fingerprint density at radius 3 is 2.00 bits per heavy atom. The zero-order valence-electron chi connectivity index (χ0n) is 31.7. The Labute approximate surface area is 315 Å². The number of nitrogens with zero attached hydrogens (tertiary/aromatic N) is 2. The van der Waals surface area contributed by atoms with Crippen molar-refractivity contribution >= 4 is 17.7 Å². The molecule has 0 bridgehead atoms. The van der Waals surface area contributed by atoms with Crippen LogP contribution in [0.2, 0.25) is 0 Å². The topological polar surface area (TPSA) is 186 Å². The number of nitrogens with one attached hydrogen (secondary N) is 3. The third-order valence-electron chi connectivity index (χ3n) is 11.2. The largest absolute Gasteiger partial charge is 0.376 e. The third kappa shape index (κ3) is 11.8. The van der Waals surface area contributed by atoms with E-state index in [4.69, 9.17) is 11.5 Å². The van der Waals surface area contributed by atoms with Gasteiger partial charge in [0.15, 0.2) is 0 Å². The first-order valence-corrected chi connectivity index (χ1v) is 19.8. The number of nitrogens with two attached hydrogens (primary N) is 2. The molecule has 3 amide bonds. The van der Waals surface area contributed by atoms with Crippen molar-refractivity contribution in [3.8, 4) is 0 Å². The van der Waals surface area contributed by atoms with Crippen LogP contribution in [-0.4, -0.2) is 107 Å². The Hall–Kier alpha value is -3.39. The molecule has 6 atom stereocenters. The van der Waals surface area contributed by atoms with Crippen molar-refractivity contribution in [1.29, 1.82) is 0 Å². The summed E-state index contributed by atoms with van der Waals surface area (Å²) in [7, 11) is 0. The molecule has 5 rings (SSSR count). The van der Waals surface area contributed by atoms with E-state index in [1.165, 1.54) is 0 Å². The summed E-state index contributed by atoms with van der Waals surface area (Å²) in [5.74, 6) is -0.0684. The number of hydrogen-bond donors (Lipinski definition) is 7. The Kier molecular flexibility index (Phi) is 14.8. The van der Waals surface area contributed by atoms with Gasteiger partial charge in [0.1, 0.15) is 12.5 Å². The third-order valence-corrected chi connectivity index (χ3v) is 11.2. The van der Waals surface area contributed by atoms with Gasteiger partial charge < -0.3 is 37.2 Å². The highest BCUT2D eigenvalue weighted by molar-refractivity contribution is 5.83. The summed E-state index contributed by atoms with van der Waals surface area (Å²) >= 11 is 0. The fraction of sp³-hybridized carbons (Fsp3) is 0.634. The number of benzene rings is 2. The minimum Gasteiger partial charge on any atom is -0.376 e. The second kappa shape index (κ2) is 19.3. The fourth-order valence-corrected chi connectivity index (χ4v) is 7.86. The minimum atomic E-state index is -1.27. The Balaban J connectivity index is 1.22. The zero-order chi connectivity index (χ0) is 38.0. The molecule has 2 saturated heterocycles.